The molecule has 1 N–H and O–H groups in total. The lowest BCUT2D eigenvalue weighted by molar-refractivity contribution is -0.115. The number of hydrogen-bond acceptors (Lipinski definition) is 6. The van der Waals surface area contributed by atoms with Crippen molar-refractivity contribution in [1.29, 1.82) is 0 Å². The summed E-state index contributed by atoms with van der Waals surface area (Å²) in [5, 5.41) is 11.2. The molecule has 0 aliphatic heterocycles. The van der Waals surface area contributed by atoms with E-state index in [4.69, 9.17) is 0 Å². The highest BCUT2D eigenvalue weighted by Crippen LogP contribution is 2.29. The fraction of sp³-hybridized carbons (Fsp3) is 0.182. The minimum atomic E-state index is -3.02. The lowest BCUT2D eigenvalue weighted by Gasteiger charge is -2.15. The van der Waals surface area contributed by atoms with Crippen LogP contribution in [0.15, 0.2) is 71.1 Å². The maximum Gasteiger partial charge on any atom is 0.387 e. The van der Waals surface area contributed by atoms with E-state index >= 15 is 0 Å². The van der Waals surface area contributed by atoms with Gasteiger partial charge >= 0.3 is 6.61 Å². The molecule has 170 valence electrons. The quantitative estimate of drug-likeness (QED) is 0.309. The number of thioether (sulfide) groups is 1. The molecule has 0 radical (unpaired) electrons. The number of anilines is 1. The smallest absolute Gasteiger partial charge is 0.387 e. The summed E-state index contributed by atoms with van der Waals surface area (Å²) in [6, 6.07) is 13.0. The first-order chi connectivity index (χ1) is 15.9. The van der Waals surface area contributed by atoms with Crippen LogP contribution in [0, 0.1) is 0 Å². The highest BCUT2D eigenvalue weighted by molar-refractivity contribution is 8.00. The standard InChI is InChI=1S/C22H19F2N5O3S/c1-3-12-28-19(31)14-8-4-6-10-16(14)29-21(28)26-27-22(29)33-13(2)18(30)25-15-9-5-7-11-17(15)32-20(23)24/h3-11,13,20H,1,12H2,2H3,(H,25,30). The first-order valence-electron chi connectivity index (χ1n) is 9.89. The van der Waals surface area contributed by atoms with Crippen molar-refractivity contribution in [3.63, 3.8) is 0 Å². The molecular formula is C22H19F2N5O3S. The summed E-state index contributed by atoms with van der Waals surface area (Å²) >= 11 is 1.12. The summed E-state index contributed by atoms with van der Waals surface area (Å²) in [5.74, 6) is -0.249. The summed E-state index contributed by atoms with van der Waals surface area (Å²) < 4.78 is 32.9. The minimum Gasteiger partial charge on any atom is -0.433 e. The predicted octanol–water partition coefficient (Wildman–Crippen LogP) is 3.95. The van der Waals surface area contributed by atoms with E-state index < -0.39 is 17.8 Å². The summed E-state index contributed by atoms with van der Waals surface area (Å²) in [4.78, 5) is 25.7. The van der Waals surface area contributed by atoms with E-state index in [1.54, 1.807) is 47.7 Å². The van der Waals surface area contributed by atoms with Crippen LogP contribution < -0.4 is 15.6 Å². The highest BCUT2D eigenvalue weighted by Gasteiger charge is 2.22. The molecule has 0 aliphatic rings. The first-order valence-corrected chi connectivity index (χ1v) is 10.8. The lowest BCUT2D eigenvalue weighted by atomic mass is 10.2. The van der Waals surface area contributed by atoms with Crippen molar-refractivity contribution < 1.29 is 18.3 Å². The molecule has 11 heteroatoms. The number of halogens is 2. The second-order valence-corrected chi connectivity index (χ2v) is 8.27. The molecule has 0 saturated carbocycles. The number of benzene rings is 2. The molecule has 2 aromatic heterocycles. The maximum absolute atomic E-state index is 12.9. The van der Waals surface area contributed by atoms with Crippen LogP contribution in [0.3, 0.4) is 0 Å². The van der Waals surface area contributed by atoms with Gasteiger partial charge in [0.25, 0.3) is 5.56 Å². The molecule has 8 nitrogen and oxygen atoms in total. The molecule has 0 aliphatic carbocycles. The number of para-hydroxylation sites is 3. The molecule has 2 aromatic carbocycles. The van der Waals surface area contributed by atoms with Crippen LogP contribution in [0.5, 0.6) is 5.75 Å². The molecule has 33 heavy (non-hydrogen) atoms. The SMILES string of the molecule is C=CCn1c(=O)c2ccccc2n2c(SC(C)C(=O)Nc3ccccc3OC(F)F)nnc12. The third-order valence-corrected chi connectivity index (χ3v) is 5.84. The Bertz CT molecular complexity index is 1400. The van der Waals surface area contributed by atoms with E-state index in [2.05, 4.69) is 26.8 Å². The summed E-state index contributed by atoms with van der Waals surface area (Å²) in [6.07, 6.45) is 1.59. The average Bonchev–Trinajstić information content (AvgIpc) is 3.21. The van der Waals surface area contributed by atoms with Gasteiger partial charge in [0, 0.05) is 6.54 Å². The number of carbonyl (C=O) groups excluding carboxylic acids is 1. The van der Waals surface area contributed by atoms with Crippen LogP contribution >= 0.6 is 11.8 Å². The Morgan fingerprint density at radius 1 is 1.21 bits per heavy atom. The Kier molecular flexibility index (Phi) is 6.40. The molecule has 0 fully saturated rings. The predicted molar refractivity (Wildman–Crippen MR) is 122 cm³/mol. The van der Waals surface area contributed by atoms with E-state index in [-0.39, 0.29) is 23.5 Å². The van der Waals surface area contributed by atoms with E-state index in [1.165, 1.54) is 22.8 Å². The van der Waals surface area contributed by atoms with Crippen molar-refractivity contribution in [1.82, 2.24) is 19.2 Å². The van der Waals surface area contributed by atoms with E-state index in [9.17, 15) is 18.4 Å². The van der Waals surface area contributed by atoms with Crippen LogP contribution in [-0.2, 0) is 11.3 Å². The van der Waals surface area contributed by atoms with Crippen molar-refractivity contribution in [3.8, 4) is 5.75 Å². The highest BCUT2D eigenvalue weighted by atomic mass is 32.2. The zero-order valence-electron chi connectivity index (χ0n) is 17.4. The van der Waals surface area contributed by atoms with Crippen LogP contribution in [0.4, 0.5) is 14.5 Å². The van der Waals surface area contributed by atoms with E-state index in [1.807, 2.05) is 0 Å². The summed E-state index contributed by atoms with van der Waals surface area (Å²) in [6.45, 7) is 2.57. The Morgan fingerprint density at radius 2 is 1.94 bits per heavy atom. The monoisotopic (exact) mass is 471 g/mol. The van der Waals surface area contributed by atoms with Gasteiger partial charge in [0.05, 0.1) is 21.8 Å². The molecule has 4 aromatic rings. The molecule has 1 atom stereocenters. The molecule has 4 rings (SSSR count). The number of allylic oxidation sites excluding steroid dienone is 1. The fourth-order valence-electron chi connectivity index (χ4n) is 3.32. The topological polar surface area (TPSA) is 90.5 Å². The van der Waals surface area contributed by atoms with Gasteiger partial charge < -0.3 is 10.1 Å². The van der Waals surface area contributed by atoms with Crippen molar-refractivity contribution >= 4 is 40.0 Å². The Morgan fingerprint density at radius 3 is 2.70 bits per heavy atom. The molecule has 1 amide bonds. The number of nitrogens with zero attached hydrogens (tertiary/aromatic N) is 4. The van der Waals surface area contributed by atoms with E-state index in [0.717, 1.165) is 11.8 Å². The largest absolute Gasteiger partial charge is 0.433 e. The zero-order chi connectivity index (χ0) is 23.5. The molecule has 1 unspecified atom stereocenters. The van der Waals surface area contributed by atoms with Gasteiger partial charge in [0.1, 0.15) is 5.75 Å². The van der Waals surface area contributed by atoms with Crippen LogP contribution in [0.1, 0.15) is 6.92 Å². The van der Waals surface area contributed by atoms with Gasteiger partial charge in [-0.15, -0.1) is 16.8 Å². The molecule has 2 heterocycles. The number of ether oxygens (including phenoxy) is 1. The summed E-state index contributed by atoms with van der Waals surface area (Å²) in [7, 11) is 0. The van der Waals surface area contributed by atoms with Gasteiger partial charge in [0.2, 0.25) is 11.7 Å². The van der Waals surface area contributed by atoms with Crippen LogP contribution in [0.25, 0.3) is 16.7 Å². The average molecular weight is 471 g/mol. The maximum atomic E-state index is 12.9. The Balaban J connectivity index is 1.67. The zero-order valence-corrected chi connectivity index (χ0v) is 18.3. The fourth-order valence-corrected chi connectivity index (χ4v) is 4.17. The number of aromatic nitrogens is 4. The van der Waals surface area contributed by atoms with Gasteiger partial charge in [-0.2, -0.15) is 8.78 Å². The lowest BCUT2D eigenvalue weighted by Crippen LogP contribution is -2.24. The van der Waals surface area contributed by atoms with Crippen LogP contribution in [0.2, 0.25) is 0 Å². The number of nitrogens with one attached hydrogen (secondary N) is 1. The molecular weight excluding hydrogens is 452 g/mol. The van der Waals surface area contributed by atoms with Gasteiger partial charge in [-0.25, -0.2) is 0 Å². The molecule has 0 saturated heterocycles. The van der Waals surface area contributed by atoms with E-state index in [0.29, 0.717) is 21.8 Å². The summed E-state index contributed by atoms with van der Waals surface area (Å²) in [5.41, 5.74) is 0.517. The second kappa shape index (κ2) is 9.41. The van der Waals surface area contributed by atoms with Crippen molar-refractivity contribution in [2.45, 2.75) is 30.5 Å². The van der Waals surface area contributed by atoms with Crippen molar-refractivity contribution in [2.24, 2.45) is 0 Å². The number of rotatable bonds is 8. The second-order valence-electron chi connectivity index (χ2n) is 6.96. The van der Waals surface area contributed by atoms with Crippen molar-refractivity contribution in [3.05, 3.63) is 71.5 Å². The third-order valence-electron chi connectivity index (χ3n) is 4.80. The normalized spacial score (nSPS) is 12.2. The van der Waals surface area contributed by atoms with Gasteiger partial charge in [-0.3, -0.25) is 18.6 Å². The number of hydrogen-bond donors (Lipinski definition) is 1. The minimum absolute atomic E-state index is 0.131. The number of carbonyl (C=O) groups is 1. The third kappa shape index (κ3) is 4.44. The number of amides is 1. The Labute approximate surface area is 190 Å². The molecule has 0 bridgehead atoms. The first kappa shape index (κ1) is 22.5. The number of fused-ring (bicyclic) bond motifs is 3. The molecule has 0 spiro atoms. The van der Waals surface area contributed by atoms with Gasteiger partial charge in [-0.1, -0.05) is 42.1 Å². The van der Waals surface area contributed by atoms with Gasteiger partial charge in [-0.05, 0) is 31.2 Å². The van der Waals surface area contributed by atoms with Crippen LogP contribution in [-0.4, -0.2) is 36.9 Å². The Hall–Kier alpha value is -3.73. The van der Waals surface area contributed by atoms with Gasteiger partial charge in [0.15, 0.2) is 5.16 Å². The van der Waals surface area contributed by atoms with Crippen molar-refractivity contribution in [2.75, 3.05) is 5.32 Å². The number of alkyl halides is 2.